The van der Waals surface area contributed by atoms with E-state index < -0.39 is 25.2 Å². The van der Waals surface area contributed by atoms with Gasteiger partial charge in [-0.3, -0.25) is 0 Å². The van der Waals surface area contributed by atoms with Gasteiger partial charge in [0.2, 0.25) is 0 Å². The first kappa shape index (κ1) is 13.1. The maximum absolute atomic E-state index is 9.00. The summed E-state index contributed by atoms with van der Waals surface area (Å²) < 4.78 is 0. The molecule has 8 N–H and O–H groups in total. The molecule has 0 aromatic heterocycles. The Kier molecular flexibility index (Phi) is 8.36. The van der Waals surface area contributed by atoms with Gasteiger partial charge in [-0.15, -0.1) is 0 Å². The fourth-order valence-corrected chi connectivity index (χ4v) is 0.191. The smallest absolute Gasteiger partial charge is 0.309 e. The molecule has 0 aliphatic heterocycles. The van der Waals surface area contributed by atoms with Crippen molar-refractivity contribution < 1.29 is 25.2 Å². The summed E-state index contributed by atoms with van der Waals surface area (Å²) in [6.45, 7) is -1.06. The lowest BCUT2D eigenvalue weighted by molar-refractivity contribution is 0.163. The summed E-state index contributed by atoms with van der Waals surface area (Å²) in [4.78, 5) is 9.00. The molecule has 0 radical (unpaired) electrons. The summed E-state index contributed by atoms with van der Waals surface area (Å²) in [6.07, 6.45) is 0. The average molecular weight is 180 g/mol. The Bertz CT molecular complexity index is 153. The van der Waals surface area contributed by atoms with E-state index in [0.717, 1.165) is 0 Å². The largest absolute Gasteiger partial charge is 0.481 e. The number of nitrogens with two attached hydrogens (primary N) is 2. The molecule has 7 nitrogen and oxygen atoms in total. The van der Waals surface area contributed by atoms with Gasteiger partial charge in [0.05, 0.1) is 18.8 Å². The van der Waals surface area contributed by atoms with Crippen LogP contribution in [0.1, 0.15) is 0 Å². The number of hydrogen-bond donors (Lipinski definition) is 6. The maximum Gasteiger partial charge on any atom is 0.309 e. The van der Waals surface area contributed by atoms with E-state index in [1.807, 2.05) is 0 Å². The predicted molar refractivity (Wildman–Crippen MR) is 40.2 cm³/mol. The second-order valence-electron chi connectivity index (χ2n) is 1.65. The van der Waals surface area contributed by atoms with Crippen LogP contribution in [0.3, 0.4) is 0 Å². The first-order chi connectivity index (χ1) is 5.45. The highest BCUT2D eigenvalue weighted by atomic mass is 16.5. The van der Waals surface area contributed by atoms with Crippen LogP contribution in [0.25, 0.3) is 0 Å². The molecule has 0 aliphatic carbocycles. The molecular weight excluding hydrogens is 168 g/mol. The number of amides is 2. The zero-order valence-electron chi connectivity index (χ0n) is 6.27. The number of rotatable bonds is 2. The van der Waals surface area contributed by atoms with E-state index >= 15 is 0 Å². The SMILES string of the molecule is NC(N)=O.OCC(CO)=C(O)O. The highest BCUT2D eigenvalue weighted by molar-refractivity contribution is 5.69. The molecule has 0 fully saturated rings. The van der Waals surface area contributed by atoms with E-state index in [2.05, 4.69) is 11.5 Å². The summed E-state index contributed by atoms with van der Waals surface area (Å²) in [5.41, 5.74) is 8.32. The molecule has 7 heteroatoms. The fourth-order valence-electron chi connectivity index (χ4n) is 0.191. The van der Waals surface area contributed by atoms with Crippen LogP contribution >= 0.6 is 0 Å². The van der Waals surface area contributed by atoms with Crippen molar-refractivity contribution in [3.8, 4) is 0 Å². The fraction of sp³-hybridized carbons (Fsp3) is 0.400. The van der Waals surface area contributed by atoms with E-state index in [1.165, 1.54) is 0 Å². The lowest BCUT2D eigenvalue weighted by Crippen LogP contribution is -2.18. The average Bonchev–Trinajstić information content (AvgIpc) is 1.87. The van der Waals surface area contributed by atoms with E-state index in [4.69, 9.17) is 25.2 Å². The van der Waals surface area contributed by atoms with E-state index in [-0.39, 0.29) is 5.57 Å². The van der Waals surface area contributed by atoms with Crippen molar-refractivity contribution in [2.24, 2.45) is 11.5 Å². The van der Waals surface area contributed by atoms with Gasteiger partial charge in [-0.2, -0.15) is 0 Å². The zero-order chi connectivity index (χ0) is 10.1. The second-order valence-corrected chi connectivity index (χ2v) is 1.65. The molecule has 0 heterocycles. The number of hydrogen-bond acceptors (Lipinski definition) is 5. The van der Waals surface area contributed by atoms with Gasteiger partial charge in [-0.1, -0.05) is 0 Å². The summed E-state index contributed by atoms with van der Waals surface area (Å²) in [6, 6.07) is -0.833. The van der Waals surface area contributed by atoms with Crippen LogP contribution in [-0.2, 0) is 0 Å². The van der Waals surface area contributed by atoms with Crippen LogP contribution in [0.15, 0.2) is 11.5 Å². The lowest BCUT2D eigenvalue weighted by atomic mass is 10.3. The van der Waals surface area contributed by atoms with Crippen LogP contribution in [0, 0.1) is 0 Å². The Morgan fingerprint density at radius 2 is 1.33 bits per heavy atom. The summed E-state index contributed by atoms with van der Waals surface area (Å²) in [5, 5.41) is 32.6. The predicted octanol–water partition coefficient (Wildman–Crippen LogP) is -1.68. The molecule has 0 aliphatic rings. The van der Waals surface area contributed by atoms with E-state index in [9.17, 15) is 0 Å². The summed E-state index contributed by atoms with van der Waals surface area (Å²) >= 11 is 0. The molecule has 0 bridgehead atoms. The molecule has 0 unspecified atom stereocenters. The molecule has 0 saturated heterocycles. The van der Waals surface area contributed by atoms with Crippen molar-refractivity contribution in [3.63, 3.8) is 0 Å². The molecule has 2 amide bonds. The van der Waals surface area contributed by atoms with Crippen molar-refractivity contribution >= 4 is 6.03 Å². The quantitative estimate of drug-likeness (QED) is 0.280. The van der Waals surface area contributed by atoms with E-state index in [1.54, 1.807) is 0 Å². The molecule has 0 aromatic carbocycles. The molecule has 0 rings (SSSR count). The van der Waals surface area contributed by atoms with Crippen LogP contribution in [0.4, 0.5) is 4.79 Å². The van der Waals surface area contributed by atoms with Crippen LogP contribution in [-0.4, -0.2) is 39.7 Å². The Balaban J connectivity index is 0. The molecule has 0 saturated carbocycles. The topological polar surface area (TPSA) is 150 Å². The monoisotopic (exact) mass is 180 g/mol. The van der Waals surface area contributed by atoms with Gasteiger partial charge in [-0.25, -0.2) is 4.79 Å². The Morgan fingerprint density at radius 1 is 1.08 bits per heavy atom. The van der Waals surface area contributed by atoms with Crippen LogP contribution in [0.5, 0.6) is 0 Å². The van der Waals surface area contributed by atoms with Crippen LogP contribution in [0.2, 0.25) is 0 Å². The molecule has 0 spiro atoms. The van der Waals surface area contributed by atoms with E-state index in [0.29, 0.717) is 0 Å². The van der Waals surface area contributed by atoms with Gasteiger partial charge in [-0.05, 0) is 0 Å². The highest BCUT2D eigenvalue weighted by Crippen LogP contribution is 1.93. The van der Waals surface area contributed by atoms with Crippen molar-refractivity contribution in [1.29, 1.82) is 0 Å². The number of carbonyl (C=O) groups excluding carboxylic acids is 1. The molecule has 12 heavy (non-hydrogen) atoms. The minimum atomic E-state index is -1.00. The number of primary amides is 2. The summed E-state index contributed by atoms with van der Waals surface area (Å²) in [5.74, 6) is -1.00. The number of urea groups is 1. The maximum atomic E-state index is 9.00. The third kappa shape index (κ3) is 11.3. The third-order valence-electron chi connectivity index (χ3n) is 0.698. The first-order valence-electron chi connectivity index (χ1n) is 2.82. The first-order valence-corrected chi connectivity index (χ1v) is 2.82. The highest BCUT2D eigenvalue weighted by Gasteiger charge is 1.98. The number of aliphatic hydroxyl groups excluding tert-OH is 3. The Hall–Kier alpha value is -1.47. The molecular formula is C5H12N2O5. The second kappa shape index (κ2) is 7.63. The number of carbonyl (C=O) groups is 1. The minimum Gasteiger partial charge on any atom is -0.481 e. The van der Waals surface area contributed by atoms with Gasteiger partial charge in [0.15, 0.2) is 0 Å². The number of aliphatic hydroxyl groups is 4. The van der Waals surface area contributed by atoms with Crippen LogP contribution < -0.4 is 11.5 Å². The minimum absolute atomic E-state index is 0.176. The molecule has 0 atom stereocenters. The van der Waals surface area contributed by atoms with Crippen molar-refractivity contribution in [1.82, 2.24) is 0 Å². The van der Waals surface area contributed by atoms with Gasteiger partial charge in [0.25, 0.3) is 5.95 Å². The third-order valence-corrected chi connectivity index (χ3v) is 0.698. The normalized spacial score (nSPS) is 7.83. The molecule has 0 aromatic rings. The zero-order valence-corrected chi connectivity index (χ0v) is 6.27. The molecule has 72 valence electrons. The standard InChI is InChI=1S/C4H8O4.CH4N2O/c5-1-3(2-6)4(7)8;2-1(3)4/h5-8H,1-2H2;(H4,2,3,4). The van der Waals surface area contributed by atoms with Crippen molar-refractivity contribution in [3.05, 3.63) is 11.5 Å². The van der Waals surface area contributed by atoms with Crippen molar-refractivity contribution in [2.45, 2.75) is 0 Å². The van der Waals surface area contributed by atoms with Gasteiger partial charge < -0.3 is 31.9 Å². The van der Waals surface area contributed by atoms with Crippen molar-refractivity contribution in [2.75, 3.05) is 13.2 Å². The lowest BCUT2D eigenvalue weighted by Gasteiger charge is -1.95. The summed E-state index contributed by atoms with van der Waals surface area (Å²) in [7, 11) is 0. The Morgan fingerprint density at radius 3 is 1.33 bits per heavy atom. The van der Waals surface area contributed by atoms with Gasteiger partial charge in [0, 0.05) is 0 Å². The van der Waals surface area contributed by atoms with Gasteiger partial charge >= 0.3 is 6.03 Å². The Labute approximate surface area is 68.5 Å². The van der Waals surface area contributed by atoms with Gasteiger partial charge in [0.1, 0.15) is 0 Å².